The molecule has 1 saturated heterocycles. The molecule has 9 nitrogen and oxygen atoms in total. The van der Waals surface area contributed by atoms with Crippen LogP contribution in [0.4, 0.5) is 9.18 Å². The molecule has 2 heterocycles. The zero-order valence-electron chi connectivity index (χ0n) is 25.9. The molecule has 1 saturated carbocycles. The molecule has 0 unspecified atom stereocenters. The molecular weight excluding hydrogens is 565 g/mol. The molecule has 0 spiro atoms. The van der Waals surface area contributed by atoms with Gasteiger partial charge < -0.3 is 24.5 Å². The maximum Gasteiger partial charge on any atom is 0.329 e. The lowest BCUT2D eigenvalue weighted by molar-refractivity contribution is -0.125. The minimum absolute atomic E-state index is 0.242. The summed E-state index contributed by atoms with van der Waals surface area (Å²) in [6.45, 7) is 8.61. The Balaban J connectivity index is 1.49. The molecule has 2 fully saturated rings. The van der Waals surface area contributed by atoms with Gasteiger partial charge in [0.2, 0.25) is 0 Å². The highest BCUT2D eigenvalue weighted by Gasteiger charge is 2.40. The normalized spacial score (nSPS) is 19.8. The van der Waals surface area contributed by atoms with Crippen LogP contribution in [0.1, 0.15) is 63.1 Å². The number of nitrogens with zero attached hydrogens (tertiary/aromatic N) is 2. The predicted molar refractivity (Wildman–Crippen MR) is 164 cm³/mol. The Kier molecular flexibility index (Phi) is 8.40. The van der Waals surface area contributed by atoms with E-state index in [1.165, 1.54) is 27.7 Å². The molecule has 0 radical (unpaired) electrons. The lowest BCUT2D eigenvalue weighted by Crippen LogP contribution is -2.43. The molecule has 2 aromatic carbocycles. The summed E-state index contributed by atoms with van der Waals surface area (Å²) in [7, 11) is 1.65. The van der Waals surface area contributed by atoms with Crippen molar-refractivity contribution in [2.45, 2.75) is 78.0 Å². The Morgan fingerprint density at radius 3 is 2.23 bits per heavy atom. The average molecular weight is 604 g/mol. The Morgan fingerprint density at radius 2 is 1.64 bits per heavy atom. The molecule has 1 aliphatic carbocycles. The Bertz CT molecular complexity index is 1690. The van der Waals surface area contributed by atoms with Gasteiger partial charge in [0.25, 0.3) is 11.5 Å². The highest BCUT2D eigenvalue weighted by Crippen LogP contribution is 2.42. The van der Waals surface area contributed by atoms with Crippen LogP contribution in [0, 0.1) is 19.7 Å². The van der Waals surface area contributed by atoms with Crippen molar-refractivity contribution in [3.8, 4) is 28.4 Å². The summed E-state index contributed by atoms with van der Waals surface area (Å²) in [6.07, 6.45) is 5.28. The number of pyridine rings is 1. The third kappa shape index (κ3) is 6.12. The summed E-state index contributed by atoms with van der Waals surface area (Å²) in [5, 5.41) is 13.5. The Labute approximate surface area is 255 Å². The minimum Gasteiger partial charge on any atom is -0.490 e. The van der Waals surface area contributed by atoms with E-state index in [0.717, 1.165) is 0 Å². The van der Waals surface area contributed by atoms with E-state index in [4.69, 9.17) is 9.47 Å². The molecule has 3 aromatic rings. The first-order chi connectivity index (χ1) is 20.8. The van der Waals surface area contributed by atoms with Crippen LogP contribution in [-0.4, -0.2) is 38.7 Å². The van der Waals surface area contributed by atoms with Crippen molar-refractivity contribution in [3.63, 3.8) is 0 Å². The molecule has 44 heavy (non-hydrogen) atoms. The molecule has 3 amide bonds. The summed E-state index contributed by atoms with van der Waals surface area (Å²) in [5.74, 6) is 0.636. The molecule has 1 aromatic heterocycles. The lowest BCUT2D eigenvalue weighted by atomic mass is 9.91. The average Bonchev–Trinajstić information content (AvgIpc) is 3.25. The standard InChI is InChI=1S/C34H38FN3O6/c1-7-27-32(40)38(33(41)36-27)23-9-11-24(12-10-23)43-29-17-30(39)37(6)18-26(29)25-16-21(34(4,5)42)8-13-28(25)44-31-19(2)14-22(35)15-20(31)3/h7-8,13-18,23-24,42H,9-12H2,1-6H3,(H,36,41). The van der Waals surface area contributed by atoms with E-state index in [9.17, 15) is 23.9 Å². The number of hydrogen-bond donors (Lipinski definition) is 2. The number of allylic oxidation sites excluding steroid dienone is 1. The van der Waals surface area contributed by atoms with Crippen LogP contribution >= 0.6 is 0 Å². The zero-order chi connectivity index (χ0) is 31.9. The first kappa shape index (κ1) is 31.0. The highest BCUT2D eigenvalue weighted by atomic mass is 19.1. The molecule has 1 aliphatic heterocycles. The van der Waals surface area contributed by atoms with Crippen LogP contribution in [0.25, 0.3) is 11.1 Å². The Morgan fingerprint density at radius 1 is 0.977 bits per heavy atom. The zero-order valence-corrected chi connectivity index (χ0v) is 25.9. The van der Waals surface area contributed by atoms with Gasteiger partial charge in [-0.2, -0.15) is 0 Å². The van der Waals surface area contributed by atoms with E-state index in [1.807, 2.05) is 6.07 Å². The number of halogens is 1. The third-order valence-electron chi connectivity index (χ3n) is 8.30. The number of carbonyl (C=O) groups excluding carboxylic acids is 2. The Hall–Kier alpha value is -4.44. The van der Waals surface area contributed by atoms with Crippen molar-refractivity contribution in [1.82, 2.24) is 14.8 Å². The van der Waals surface area contributed by atoms with Gasteiger partial charge >= 0.3 is 6.03 Å². The van der Waals surface area contributed by atoms with E-state index in [1.54, 1.807) is 66.1 Å². The lowest BCUT2D eigenvalue weighted by Gasteiger charge is -2.33. The van der Waals surface area contributed by atoms with Crippen LogP contribution in [0.15, 0.2) is 59.2 Å². The second-order valence-corrected chi connectivity index (χ2v) is 12.1. The molecule has 2 aliphatic rings. The fourth-order valence-electron chi connectivity index (χ4n) is 5.87. The molecule has 5 rings (SSSR count). The van der Waals surface area contributed by atoms with Gasteiger partial charge in [0.1, 0.15) is 28.8 Å². The summed E-state index contributed by atoms with van der Waals surface area (Å²) in [5.41, 5.74) is 1.91. The monoisotopic (exact) mass is 603 g/mol. The number of urea groups is 1. The third-order valence-corrected chi connectivity index (χ3v) is 8.30. The van der Waals surface area contributed by atoms with Crippen LogP contribution in [0.5, 0.6) is 17.2 Å². The van der Waals surface area contributed by atoms with E-state index >= 15 is 0 Å². The van der Waals surface area contributed by atoms with E-state index < -0.39 is 11.6 Å². The van der Waals surface area contributed by atoms with Crippen molar-refractivity contribution in [1.29, 1.82) is 0 Å². The van der Waals surface area contributed by atoms with E-state index in [2.05, 4.69) is 5.32 Å². The maximum atomic E-state index is 14.0. The predicted octanol–water partition coefficient (Wildman–Crippen LogP) is 5.97. The van der Waals surface area contributed by atoms with Gasteiger partial charge in [-0.15, -0.1) is 0 Å². The number of aryl methyl sites for hydroxylation is 3. The number of hydrogen-bond acceptors (Lipinski definition) is 6. The number of aliphatic hydroxyl groups is 1. The van der Waals surface area contributed by atoms with Crippen molar-refractivity contribution in [2.24, 2.45) is 7.05 Å². The van der Waals surface area contributed by atoms with Crippen molar-refractivity contribution in [2.75, 3.05) is 0 Å². The van der Waals surface area contributed by atoms with Crippen LogP contribution in [0.2, 0.25) is 0 Å². The highest BCUT2D eigenvalue weighted by molar-refractivity contribution is 6.11. The summed E-state index contributed by atoms with van der Waals surface area (Å²) in [4.78, 5) is 39.2. The number of imide groups is 1. The molecule has 10 heteroatoms. The van der Waals surface area contributed by atoms with Gasteiger partial charge in [-0.3, -0.25) is 14.5 Å². The van der Waals surface area contributed by atoms with Crippen LogP contribution in [0.3, 0.4) is 0 Å². The van der Waals surface area contributed by atoms with Crippen molar-refractivity contribution in [3.05, 3.63) is 87.2 Å². The SMILES string of the molecule is CC=C1NC(=O)N(C2CCC(Oc3cc(=O)n(C)cc3-c3cc(C(C)(C)O)ccc3Oc3c(C)cc(F)cc3C)CC2)C1=O. The topological polar surface area (TPSA) is 110 Å². The first-order valence-corrected chi connectivity index (χ1v) is 14.8. The van der Waals surface area contributed by atoms with Gasteiger partial charge in [0.05, 0.1) is 11.7 Å². The number of nitrogens with one attached hydrogen (secondary N) is 1. The van der Waals surface area contributed by atoms with Gasteiger partial charge in [0, 0.05) is 36.5 Å². The second-order valence-electron chi connectivity index (χ2n) is 12.1. The summed E-state index contributed by atoms with van der Waals surface area (Å²) in [6, 6.07) is 8.93. The second kappa shape index (κ2) is 11.9. The summed E-state index contributed by atoms with van der Waals surface area (Å²) >= 11 is 0. The van der Waals surface area contributed by atoms with Crippen molar-refractivity contribution >= 4 is 11.9 Å². The largest absolute Gasteiger partial charge is 0.490 e. The maximum absolute atomic E-state index is 14.0. The van der Waals surface area contributed by atoms with E-state index in [-0.39, 0.29) is 35.1 Å². The number of aromatic nitrogens is 1. The number of benzene rings is 2. The number of carbonyl (C=O) groups is 2. The fraction of sp³-hybridized carbons (Fsp3) is 0.382. The molecule has 0 atom stereocenters. The number of ether oxygens (including phenoxy) is 2. The number of amides is 3. The summed E-state index contributed by atoms with van der Waals surface area (Å²) < 4.78 is 28.4. The van der Waals surface area contributed by atoms with E-state index in [0.29, 0.717) is 70.7 Å². The minimum atomic E-state index is -1.17. The first-order valence-electron chi connectivity index (χ1n) is 14.8. The van der Waals surface area contributed by atoms with Gasteiger partial charge in [-0.05, 0) is 101 Å². The molecular formula is C34H38FN3O6. The number of rotatable bonds is 7. The fourth-order valence-corrected chi connectivity index (χ4v) is 5.87. The molecule has 0 bridgehead atoms. The smallest absolute Gasteiger partial charge is 0.329 e. The molecule has 2 N–H and O–H groups in total. The van der Waals surface area contributed by atoms with Gasteiger partial charge in [-0.1, -0.05) is 12.1 Å². The van der Waals surface area contributed by atoms with Gasteiger partial charge in [-0.25, -0.2) is 9.18 Å². The molecule has 232 valence electrons. The van der Waals surface area contributed by atoms with Crippen LogP contribution < -0.4 is 20.3 Å². The quantitative estimate of drug-likeness (QED) is 0.254. The van der Waals surface area contributed by atoms with Crippen LogP contribution in [-0.2, 0) is 17.4 Å². The van der Waals surface area contributed by atoms with Gasteiger partial charge in [0.15, 0.2) is 0 Å². The van der Waals surface area contributed by atoms with Crippen molar-refractivity contribution < 1.29 is 28.6 Å².